The van der Waals surface area contributed by atoms with Crippen LogP contribution < -0.4 is 0 Å². The number of allylic oxidation sites excluding steroid dienone is 1. The number of rotatable bonds is 5. The van der Waals surface area contributed by atoms with Gasteiger partial charge in [0.2, 0.25) is 0 Å². The van der Waals surface area contributed by atoms with E-state index in [0.29, 0.717) is 0 Å². The Balaban J connectivity index is 2.02. The highest BCUT2D eigenvalue weighted by Crippen LogP contribution is 2.50. The van der Waals surface area contributed by atoms with Crippen molar-refractivity contribution in [2.75, 3.05) is 13.7 Å². The molecule has 0 amide bonds. The van der Waals surface area contributed by atoms with Crippen LogP contribution in [0.25, 0.3) is 0 Å². The first-order valence-electron chi connectivity index (χ1n) is 7.21. The highest BCUT2D eigenvalue weighted by molar-refractivity contribution is 7.86. The smallest absolute Gasteiger partial charge is 0.296 e. The molecule has 0 saturated heterocycles. The summed E-state index contributed by atoms with van der Waals surface area (Å²) in [6.45, 7) is 6.22. The van der Waals surface area contributed by atoms with Crippen molar-refractivity contribution in [3.8, 4) is 0 Å². The Morgan fingerprint density at radius 3 is 2.50 bits per heavy atom. The maximum atomic E-state index is 12.2. The number of aryl methyl sites for hydroxylation is 1. The van der Waals surface area contributed by atoms with Gasteiger partial charge in [0.1, 0.15) is 6.26 Å². The van der Waals surface area contributed by atoms with Crippen molar-refractivity contribution < 1.29 is 17.3 Å². The molecule has 0 N–H and O–H groups in total. The zero-order chi connectivity index (χ0) is 16.4. The summed E-state index contributed by atoms with van der Waals surface area (Å²) in [6.07, 6.45) is 2.30. The van der Waals surface area contributed by atoms with Crippen molar-refractivity contribution in [2.45, 2.75) is 32.1 Å². The van der Waals surface area contributed by atoms with Crippen LogP contribution in [0.15, 0.2) is 46.7 Å². The average molecular weight is 322 g/mol. The molecule has 1 aliphatic rings. The third kappa shape index (κ3) is 3.43. The lowest BCUT2D eigenvalue weighted by atomic mass is 9.59. The molecular weight excluding hydrogens is 300 g/mol. The first-order valence-corrected chi connectivity index (χ1v) is 8.61. The molecule has 0 aromatic heterocycles. The van der Waals surface area contributed by atoms with Crippen LogP contribution in [0.4, 0.5) is 0 Å². The van der Waals surface area contributed by atoms with Gasteiger partial charge in [0.05, 0.1) is 18.6 Å². The SMILES string of the molecule is COC=C=C1CC(COS(=O)(=O)c2ccc(C)cc2)C1(C)C. The molecule has 0 bridgehead atoms. The molecule has 1 saturated carbocycles. The van der Waals surface area contributed by atoms with Crippen LogP contribution in [-0.4, -0.2) is 22.1 Å². The Kier molecular flexibility index (Phi) is 4.81. The van der Waals surface area contributed by atoms with Gasteiger partial charge in [0, 0.05) is 0 Å². The summed E-state index contributed by atoms with van der Waals surface area (Å²) in [6, 6.07) is 6.67. The fourth-order valence-electron chi connectivity index (χ4n) is 2.47. The van der Waals surface area contributed by atoms with E-state index < -0.39 is 10.1 Å². The monoisotopic (exact) mass is 322 g/mol. The fourth-order valence-corrected chi connectivity index (χ4v) is 3.42. The van der Waals surface area contributed by atoms with Crippen molar-refractivity contribution in [3.63, 3.8) is 0 Å². The predicted molar refractivity (Wildman–Crippen MR) is 84.8 cm³/mol. The van der Waals surface area contributed by atoms with E-state index >= 15 is 0 Å². The second-order valence-electron chi connectivity index (χ2n) is 6.15. The Bertz CT molecular complexity index is 693. The van der Waals surface area contributed by atoms with Crippen LogP contribution in [0.1, 0.15) is 25.8 Å². The van der Waals surface area contributed by atoms with Gasteiger partial charge in [-0.3, -0.25) is 4.18 Å². The molecule has 5 heteroatoms. The van der Waals surface area contributed by atoms with Crippen molar-refractivity contribution in [1.29, 1.82) is 0 Å². The molecule has 0 radical (unpaired) electrons. The van der Waals surface area contributed by atoms with Crippen LogP contribution in [0.2, 0.25) is 0 Å². The molecule has 120 valence electrons. The summed E-state index contributed by atoms with van der Waals surface area (Å²) in [5.41, 5.74) is 5.10. The Morgan fingerprint density at radius 1 is 1.32 bits per heavy atom. The maximum Gasteiger partial charge on any atom is 0.296 e. The molecule has 1 atom stereocenters. The lowest BCUT2D eigenvalue weighted by molar-refractivity contribution is 0.100. The van der Waals surface area contributed by atoms with Gasteiger partial charge >= 0.3 is 0 Å². The summed E-state index contributed by atoms with van der Waals surface area (Å²) >= 11 is 0. The summed E-state index contributed by atoms with van der Waals surface area (Å²) < 4.78 is 34.5. The minimum atomic E-state index is -3.70. The van der Waals surface area contributed by atoms with Gasteiger partial charge in [-0.15, -0.1) is 0 Å². The van der Waals surface area contributed by atoms with E-state index in [0.717, 1.165) is 17.6 Å². The van der Waals surface area contributed by atoms with Crippen LogP contribution in [0.3, 0.4) is 0 Å². The lowest BCUT2D eigenvalue weighted by Gasteiger charge is -2.45. The lowest BCUT2D eigenvalue weighted by Crippen LogP contribution is -2.40. The van der Waals surface area contributed by atoms with E-state index in [9.17, 15) is 8.42 Å². The molecule has 0 aliphatic heterocycles. The molecule has 1 aromatic carbocycles. The van der Waals surface area contributed by atoms with Crippen LogP contribution >= 0.6 is 0 Å². The minimum Gasteiger partial charge on any atom is -0.496 e. The Hall–Kier alpha value is -1.55. The second-order valence-corrected chi connectivity index (χ2v) is 7.77. The molecule has 1 unspecified atom stereocenters. The number of hydrogen-bond acceptors (Lipinski definition) is 4. The fraction of sp³-hybridized carbons (Fsp3) is 0.471. The van der Waals surface area contributed by atoms with Crippen LogP contribution in [-0.2, 0) is 19.0 Å². The molecule has 4 nitrogen and oxygen atoms in total. The summed E-state index contributed by atoms with van der Waals surface area (Å²) in [4.78, 5) is 0.199. The topological polar surface area (TPSA) is 52.6 Å². The van der Waals surface area contributed by atoms with Crippen molar-refractivity contribution in [1.82, 2.24) is 0 Å². The van der Waals surface area contributed by atoms with E-state index in [-0.39, 0.29) is 22.8 Å². The van der Waals surface area contributed by atoms with E-state index in [1.807, 2.05) is 6.92 Å². The summed E-state index contributed by atoms with van der Waals surface area (Å²) in [5.74, 6) is 0.153. The largest absolute Gasteiger partial charge is 0.496 e. The number of ether oxygens (including phenoxy) is 1. The molecule has 0 heterocycles. The normalized spacial score (nSPS) is 20.0. The molecule has 1 aromatic rings. The van der Waals surface area contributed by atoms with E-state index in [2.05, 4.69) is 19.6 Å². The van der Waals surface area contributed by atoms with Crippen molar-refractivity contribution in [2.24, 2.45) is 11.3 Å². The third-order valence-electron chi connectivity index (χ3n) is 4.33. The Labute approximate surface area is 132 Å². The number of methoxy groups -OCH3 is 1. The van der Waals surface area contributed by atoms with Crippen LogP contribution in [0, 0.1) is 18.3 Å². The minimum absolute atomic E-state index is 0.127. The van der Waals surface area contributed by atoms with Gasteiger partial charge in [-0.25, -0.2) is 0 Å². The first kappa shape index (κ1) is 16.8. The zero-order valence-corrected chi connectivity index (χ0v) is 14.2. The zero-order valence-electron chi connectivity index (χ0n) is 13.4. The summed E-state index contributed by atoms with van der Waals surface area (Å²) in [5, 5.41) is 0. The number of benzene rings is 1. The van der Waals surface area contributed by atoms with Gasteiger partial charge in [0.25, 0.3) is 10.1 Å². The highest BCUT2D eigenvalue weighted by atomic mass is 32.2. The third-order valence-corrected chi connectivity index (χ3v) is 5.63. The van der Waals surface area contributed by atoms with E-state index in [4.69, 9.17) is 8.92 Å². The van der Waals surface area contributed by atoms with Gasteiger partial charge in [-0.1, -0.05) is 37.3 Å². The molecule has 0 spiro atoms. The van der Waals surface area contributed by atoms with E-state index in [1.165, 1.54) is 6.26 Å². The summed E-state index contributed by atoms with van der Waals surface area (Å²) in [7, 11) is -2.12. The molecule has 1 fully saturated rings. The Morgan fingerprint density at radius 2 is 1.95 bits per heavy atom. The van der Waals surface area contributed by atoms with Gasteiger partial charge in [-0.2, -0.15) is 8.42 Å². The molecular formula is C17H22O4S. The van der Waals surface area contributed by atoms with Crippen molar-refractivity contribution in [3.05, 3.63) is 47.4 Å². The van der Waals surface area contributed by atoms with Crippen LogP contribution in [0.5, 0.6) is 0 Å². The predicted octanol–water partition coefficient (Wildman–Crippen LogP) is 3.43. The van der Waals surface area contributed by atoms with Crippen molar-refractivity contribution >= 4 is 10.1 Å². The van der Waals surface area contributed by atoms with Gasteiger partial charge in [-0.05, 0) is 42.4 Å². The maximum absolute atomic E-state index is 12.2. The van der Waals surface area contributed by atoms with Gasteiger partial charge in [0.15, 0.2) is 0 Å². The first-order chi connectivity index (χ1) is 10.3. The standard InChI is InChI=1S/C17H22O4S/c1-13-5-7-16(8-6-13)22(18,19)21-12-15-11-14(9-10-20-4)17(15,2)3/h5-8,10,15H,11-12H2,1-4H3. The molecule has 1 aliphatic carbocycles. The quantitative estimate of drug-likeness (QED) is 0.473. The highest BCUT2D eigenvalue weighted by Gasteiger charge is 2.44. The average Bonchev–Trinajstić information content (AvgIpc) is 2.46. The van der Waals surface area contributed by atoms with Gasteiger partial charge < -0.3 is 4.74 Å². The molecule has 22 heavy (non-hydrogen) atoms. The van der Waals surface area contributed by atoms with E-state index in [1.54, 1.807) is 31.4 Å². The molecule has 2 rings (SSSR count). The second kappa shape index (κ2) is 6.29. The number of hydrogen-bond donors (Lipinski definition) is 0.